The molecule has 0 spiro atoms. The molecule has 0 amide bonds. The zero-order valence-corrected chi connectivity index (χ0v) is 14.7. The minimum Gasteiger partial charge on any atom is -0.254 e. The quantitative estimate of drug-likeness (QED) is 0.609. The van der Waals surface area contributed by atoms with Crippen LogP contribution in [-0.2, 0) is 21.6 Å². The normalized spacial score (nSPS) is 14.3. The van der Waals surface area contributed by atoms with Crippen molar-refractivity contribution in [3.8, 4) is 0 Å². The molecule has 2 nitrogen and oxygen atoms in total. The predicted octanol–water partition coefficient (Wildman–Crippen LogP) is 3.47. The lowest BCUT2D eigenvalue weighted by Gasteiger charge is -2.04. The van der Waals surface area contributed by atoms with Crippen LogP contribution in [0.2, 0.25) is 0 Å². The molecule has 0 bridgehead atoms. The topological polar surface area (TPSA) is 34.1 Å². The Morgan fingerprint density at radius 3 is 1.39 bits per heavy atom. The van der Waals surface area contributed by atoms with Crippen LogP contribution in [0.25, 0.3) is 0 Å². The minimum absolute atomic E-state index is 0.664. The number of rotatable bonds is 8. The van der Waals surface area contributed by atoms with Crippen LogP contribution in [0.1, 0.15) is 12.8 Å². The van der Waals surface area contributed by atoms with Gasteiger partial charge in [-0.15, -0.1) is 0 Å². The molecule has 0 radical (unpaired) electrons. The summed E-state index contributed by atoms with van der Waals surface area (Å²) in [5.41, 5.74) is 0. The van der Waals surface area contributed by atoms with E-state index in [9.17, 15) is 8.42 Å². The van der Waals surface area contributed by atoms with Gasteiger partial charge < -0.3 is 0 Å². The molecule has 0 aliphatic rings. The van der Waals surface area contributed by atoms with Crippen LogP contribution in [0.5, 0.6) is 0 Å². The third-order valence-electron chi connectivity index (χ3n) is 2.28. The maximum atomic E-state index is 11.9. The van der Waals surface area contributed by atoms with Crippen molar-refractivity contribution in [2.45, 2.75) is 22.6 Å². The molecule has 1 aromatic carbocycles. The highest BCUT2D eigenvalue weighted by Gasteiger charge is 2.06. The summed E-state index contributed by atoms with van der Waals surface area (Å²) < 4.78 is 23.7. The zero-order valence-electron chi connectivity index (χ0n) is 9.94. The Morgan fingerprint density at radius 2 is 1.11 bits per heavy atom. The maximum Gasteiger partial charge on any atom is 0.0529 e. The van der Waals surface area contributed by atoms with E-state index in [2.05, 4.69) is 31.9 Å². The van der Waals surface area contributed by atoms with Gasteiger partial charge in [-0.2, -0.15) is 0 Å². The largest absolute Gasteiger partial charge is 0.254 e. The molecular formula is C12H16Br2O2S2. The van der Waals surface area contributed by atoms with Crippen LogP contribution in [0, 0.1) is 0 Å². The molecule has 0 aromatic heterocycles. The number of hydrogen-bond acceptors (Lipinski definition) is 2. The Balaban J connectivity index is 2.62. The smallest absolute Gasteiger partial charge is 0.0529 e. The van der Waals surface area contributed by atoms with Gasteiger partial charge in [-0.3, -0.25) is 8.42 Å². The summed E-state index contributed by atoms with van der Waals surface area (Å²) in [6.07, 6.45) is 1.79. The minimum atomic E-state index is -0.947. The second-order valence-corrected chi connectivity index (χ2v) is 8.38. The van der Waals surface area contributed by atoms with Crippen molar-refractivity contribution >= 4 is 53.5 Å². The molecule has 102 valence electrons. The van der Waals surface area contributed by atoms with Crippen LogP contribution < -0.4 is 0 Å². The molecular weight excluding hydrogens is 400 g/mol. The lowest BCUT2D eigenvalue weighted by atomic mass is 10.4. The molecule has 6 heteroatoms. The highest BCUT2D eigenvalue weighted by molar-refractivity contribution is 9.09. The lowest BCUT2D eigenvalue weighted by molar-refractivity contribution is 0.679. The van der Waals surface area contributed by atoms with E-state index in [1.165, 1.54) is 0 Å². The van der Waals surface area contributed by atoms with Gasteiger partial charge in [0.2, 0.25) is 0 Å². The van der Waals surface area contributed by atoms with Gasteiger partial charge in [-0.05, 0) is 37.1 Å². The van der Waals surface area contributed by atoms with E-state index in [-0.39, 0.29) is 0 Å². The first kappa shape index (κ1) is 16.5. The molecule has 0 saturated carbocycles. The summed E-state index contributed by atoms with van der Waals surface area (Å²) in [4.78, 5) is 1.63. The van der Waals surface area contributed by atoms with E-state index in [1.807, 2.05) is 24.3 Å². The fourth-order valence-electron chi connectivity index (χ4n) is 1.35. The van der Waals surface area contributed by atoms with Gasteiger partial charge in [0.05, 0.1) is 21.6 Å². The molecule has 0 heterocycles. The van der Waals surface area contributed by atoms with Crippen molar-refractivity contribution in [2.75, 3.05) is 22.2 Å². The summed E-state index contributed by atoms with van der Waals surface area (Å²) in [6, 6.07) is 7.30. The summed E-state index contributed by atoms with van der Waals surface area (Å²) in [5, 5.41) is 1.74. The molecule has 0 saturated heterocycles. The molecule has 0 aliphatic heterocycles. The fourth-order valence-corrected chi connectivity index (χ4v) is 4.82. The standard InChI is InChI=1S/C12H16Br2O2S2/c13-7-1-9-17(15)11-3-5-12(6-4-11)18(16)10-2-8-14/h3-6H,1-2,7-10H2. The number of halogens is 2. The SMILES string of the molecule is O=S(CCCBr)c1ccc(S(=O)CCCBr)cc1. The number of hydrogen-bond donors (Lipinski definition) is 0. The van der Waals surface area contributed by atoms with Crippen LogP contribution in [0.15, 0.2) is 34.1 Å². The summed E-state index contributed by atoms with van der Waals surface area (Å²) in [6.45, 7) is 0. The van der Waals surface area contributed by atoms with Gasteiger partial charge in [0.1, 0.15) is 0 Å². The summed E-state index contributed by atoms with van der Waals surface area (Å²) >= 11 is 6.65. The van der Waals surface area contributed by atoms with E-state index < -0.39 is 21.6 Å². The molecule has 0 aliphatic carbocycles. The molecule has 2 atom stereocenters. The second kappa shape index (κ2) is 9.39. The van der Waals surface area contributed by atoms with Crippen LogP contribution in [0.3, 0.4) is 0 Å². The third kappa shape index (κ3) is 5.63. The van der Waals surface area contributed by atoms with Crippen molar-refractivity contribution in [1.82, 2.24) is 0 Å². The highest BCUT2D eigenvalue weighted by atomic mass is 79.9. The Labute approximate surface area is 130 Å². The number of benzene rings is 1. The fraction of sp³-hybridized carbons (Fsp3) is 0.500. The van der Waals surface area contributed by atoms with Crippen molar-refractivity contribution in [1.29, 1.82) is 0 Å². The molecule has 0 N–H and O–H groups in total. The monoisotopic (exact) mass is 414 g/mol. The van der Waals surface area contributed by atoms with Gasteiger partial charge in [0, 0.05) is 32.0 Å². The Morgan fingerprint density at radius 1 is 0.778 bits per heavy atom. The first-order valence-corrected chi connectivity index (χ1v) is 10.6. The molecule has 18 heavy (non-hydrogen) atoms. The van der Waals surface area contributed by atoms with Crippen LogP contribution >= 0.6 is 31.9 Å². The Kier molecular flexibility index (Phi) is 8.63. The summed E-state index contributed by atoms with van der Waals surface area (Å²) in [7, 11) is -1.89. The van der Waals surface area contributed by atoms with Gasteiger partial charge in [0.15, 0.2) is 0 Å². The van der Waals surface area contributed by atoms with E-state index in [0.29, 0.717) is 11.5 Å². The van der Waals surface area contributed by atoms with Crippen molar-refractivity contribution in [3.05, 3.63) is 24.3 Å². The van der Waals surface area contributed by atoms with Crippen molar-refractivity contribution in [2.24, 2.45) is 0 Å². The molecule has 1 rings (SSSR count). The summed E-state index contributed by atoms with van der Waals surface area (Å²) in [5.74, 6) is 1.33. The maximum absolute atomic E-state index is 11.9. The van der Waals surface area contributed by atoms with Gasteiger partial charge in [-0.25, -0.2) is 0 Å². The number of alkyl halides is 2. The van der Waals surface area contributed by atoms with E-state index in [0.717, 1.165) is 33.3 Å². The molecule has 1 aromatic rings. The zero-order chi connectivity index (χ0) is 13.4. The van der Waals surface area contributed by atoms with Crippen molar-refractivity contribution < 1.29 is 8.42 Å². The second-order valence-electron chi connectivity index (χ2n) is 3.66. The third-order valence-corrected chi connectivity index (χ3v) is 6.31. The molecule has 2 unspecified atom stereocenters. The van der Waals surface area contributed by atoms with E-state index >= 15 is 0 Å². The average molecular weight is 416 g/mol. The van der Waals surface area contributed by atoms with Crippen molar-refractivity contribution in [3.63, 3.8) is 0 Å². The van der Waals surface area contributed by atoms with E-state index in [1.54, 1.807) is 0 Å². The molecule has 0 fully saturated rings. The van der Waals surface area contributed by atoms with E-state index in [4.69, 9.17) is 0 Å². The Hall–Kier alpha value is 0.480. The first-order valence-electron chi connectivity index (χ1n) is 5.67. The van der Waals surface area contributed by atoms with Gasteiger partial charge in [0.25, 0.3) is 0 Å². The highest BCUT2D eigenvalue weighted by Crippen LogP contribution is 2.14. The predicted molar refractivity (Wildman–Crippen MR) is 85.8 cm³/mol. The first-order chi connectivity index (χ1) is 8.69. The van der Waals surface area contributed by atoms with Crippen LogP contribution in [-0.4, -0.2) is 30.6 Å². The Bertz CT molecular complexity index is 368. The van der Waals surface area contributed by atoms with Gasteiger partial charge >= 0.3 is 0 Å². The van der Waals surface area contributed by atoms with Crippen LogP contribution in [0.4, 0.5) is 0 Å². The lowest BCUT2D eigenvalue weighted by Crippen LogP contribution is -2.01. The average Bonchev–Trinajstić information content (AvgIpc) is 2.42. The van der Waals surface area contributed by atoms with Gasteiger partial charge in [-0.1, -0.05) is 31.9 Å².